The topological polar surface area (TPSA) is 55.4 Å². The van der Waals surface area contributed by atoms with Crippen molar-refractivity contribution in [1.82, 2.24) is 0 Å². The molecule has 1 amide bonds. The summed E-state index contributed by atoms with van der Waals surface area (Å²) in [6, 6.07) is 12.8. The molecular formula is C16H12F3NO3. The monoisotopic (exact) mass is 323 g/mol. The van der Waals surface area contributed by atoms with Gasteiger partial charge < -0.3 is 10.1 Å². The Hall–Kier alpha value is -2.83. The zero-order valence-corrected chi connectivity index (χ0v) is 11.8. The summed E-state index contributed by atoms with van der Waals surface area (Å²) in [5, 5.41) is 1.71. The van der Waals surface area contributed by atoms with E-state index in [-0.39, 0.29) is 23.6 Å². The summed E-state index contributed by atoms with van der Waals surface area (Å²) < 4.78 is 42.6. The molecule has 1 N–H and O–H groups in total. The fraction of sp³-hybridized carbons (Fsp3) is 0.125. The highest BCUT2D eigenvalue weighted by Crippen LogP contribution is 2.28. The number of alkyl halides is 3. The van der Waals surface area contributed by atoms with Crippen LogP contribution >= 0.6 is 0 Å². The van der Waals surface area contributed by atoms with Crippen LogP contribution in [0.3, 0.4) is 0 Å². The maximum Gasteiger partial charge on any atom is 0.471 e. The van der Waals surface area contributed by atoms with E-state index < -0.39 is 12.1 Å². The lowest BCUT2D eigenvalue weighted by atomic mass is 10.2. The summed E-state index contributed by atoms with van der Waals surface area (Å²) in [7, 11) is 0. The van der Waals surface area contributed by atoms with E-state index in [9.17, 15) is 22.8 Å². The van der Waals surface area contributed by atoms with Crippen LogP contribution in [0, 0.1) is 0 Å². The van der Waals surface area contributed by atoms with Gasteiger partial charge in [0.15, 0.2) is 0 Å². The van der Waals surface area contributed by atoms with Crippen molar-refractivity contribution in [2.24, 2.45) is 0 Å². The molecule has 0 aliphatic rings. The molecule has 0 fully saturated rings. The van der Waals surface area contributed by atoms with Gasteiger partial charge in [-0.15, -0.1) is 0 Å². The smallest absolute Gasteiger partial charge is 0.471 e. The van der Waals surface area contributed by atoms with Crippen molar-refractivity contribution in [3.05, 3.63) is 59.7 Å². The number of benzene rings is 2. The van der Waals surface area contributed by atoms with Crippen LogP contribution in [0.5, 0.6) is 5.75 Å². The first kappa shape index (κ1) is 16.5. The lowest BCUT2D eigenvalue weighted by Gasteiger charge is -2.14. The molecule has 7 heteroatoms. The molecule has 0 saturated carbocycles. The summed E-state index contributed by atoms with van der Waals surface area (Å²) >= 11 is 0. The number of ether oxygens (including phenoxy) is 1. The lowest BCUT2D eigenvalue weighted by Crippen LogP contribution is -2.30. The van der Waals surface area contributed by atoms with Gasteiger partial charge in [0, 0.05) is 5.56 Å². The molecule has 0 aliphatic heterocycles. The van der Waals surface area contributed by atoms with Gasteiger partial charge >= 0.3 is 12.1 Å². The Morgan fingerprint density at radius 3 is 2.43 bits per heavy atom. The molecule has 2 aromatic rings. The zero-order valence-electron chi connectivity index (χ0n) is 11.8. The molecule has 0 bridgehead atoms. The number of anilines is 1. The third-order valence-electron chi connectivity index (χ3n) is 2.88. The van der Waals surface area contributed by atoms with Crippen LogP contribution in [0.15, 0.2) is 48.5 Å². The number of hydrogen-bond donors (Lipinski definition) is 1. The van der Waals surface area contributed by atoms with Crippen LogP contribution in [-0.4, -0.2) is 18.4 Å². The number of amides is 1. The van der Waals surface area contributed by atoms with Gasteiger partial charge in [-0.2, -0.15) is 13.2 Å². The molecule has 23 heavy (non-hydrogen) atoms. The van der Waals surface area contributed by atoms with Crippen molar-refractivity contribution in [2.75, 3.05) is 5.32 Å². The van der Waals surface area contributed by atoms with E-state index in [0.717, 1.165) is 11.6 Å². The third-order valence-corrected chi connectivity index (χ3v) is 2.88. The molecule has 2 aromatic carbocycles. The first-order valence-electron chi connectivity index (χ1n) is 6.54. The number of aldehydes is 1. The summed E-state index contributed by atoms with van der Waals surface area (Å²) in [4.78, 5) is 21.8. The Balaban J connectivity index is 2.21. The molecule has 4 nitrogen and oxygen atoms in total. The summed E-state index contributed by atoms with van der Waals surface area (Å²) in [6.45, 7) is 0.107. The molecule has 120 valence electrons. The average molecular weight is 323 g/mol. The average Bonchev–Trinajstić information content (AvgIpc) is 2.53. The molecule has 2 rings (SSSR count). The Labute approximate surface area is 129 Å². The largest absolute Gasteiger partial charge is 0.487 e. The first-order chi connectivity index (χ1) is 10.9. The van der Waals surface area contributed by atoms with Crippen LogP contribution in [-0.2, 0) is 11.4 Å². The van der Waals surface area contributed by atoms with Crippen LogP contribution < -0.4 is 10.1 Å². The third kappa shape index (κ3) is 4.57. The second-order valence-electron chi connectivity index (χ2n) is 4.60. The minimum Gasteiger partial charge on any atom is -0.487 e. The molecular weight excluding hydrogens is 311 g/mol. The first-order valence-corrected chi connectivity index (χ1v) is 6.54. The standard InChI is InChI=1S/C16H12F3NO3/c17-16(18,19)15(22)20-13-8-12(9-21)6-7-14(13)23-10-11-4-2-1-3-5-11/h1-9H,10H2,(H,20,22). The van der Waals surface area contributed by atoms with Gasteiger partial charge in [-0.05, 0) is 23.8 Å². The minimum absolute atomic E-state index is 0.0389. The second-order valence-corrected chi connectivity index (χ2v) is 4.60. The predicted octanol–water partition coefficient (Wildman–Crippen LogP) is 3.58. The number of hydrogen-bond acceptors (Lipinski definition) is 3. The Bertz CT molecular complexity index is 699. The SMILES string of the molecule is O=Cc1ccc(OCc2ccccc2)c(NC(=O)C(F)(F)F)c1. The molecule has 0 saturated heterocycles. The van der Waals surface area contributed by atoms with Crippen molar-refractivity contribution in [1.29, 1.82) is 0 Å². The van der Waals surface area contributed by atoms with E-state index in [0.29, 0.717) is 6.29 Å². The number of nitrogens with one attached hydrogen (secondary N) is 1. The van der Waals surface area contributed by atoms with Crippen LogP contribution in [0.1, 0.15) is 15.9 Å². The second kappa shape index (κ2) is 6.95. The van der Waals surface area contributed by atoms with Gasteiger partial charge in [-0.1, -0.05) is 30.3 Å². The molecule has 0 heterocycles. The fourth-order valence-corrected chi connectivity index (χ4v) is 1.77. The van der Waals surface area contributed by atoms with Crippen molar-refractivity contribution in [2.45, 2.75) is 12.8 Å². The van der Waals surface area contributed by atoms with Crippen LogP contribution in [0.25, 0.3) is 0 Å². The molecule has 0 aliphatic carbocycles. The number of rotatable bonds is 5. The van der Waals surface area contributed by atoms with Crippen molar-refractivity contribution in [3.63, 3.8) is 0 Å². The Kier molecular flexibility index (Phi) is 5.00. The number of carbonyl (C=O) groups is 2. The maximum atomic E-state index is 12.4. The molecule has 0 radical (unpaired) electrons. The molecule has 0 spiro atoms. The quantitative estimate of drug-likeness (QED) is 0.856. The van der Waals surface area contributed by atoms with E-state index in [2.05, 4.69) is 0 Å². The minimum atomic E-state index is -5.03. The fourth-order valence-electron chi connectivity index (χ4n) is 1.77. The van der Waals surface area contributed by atoms with Gasteiger partial charge in [-0.3, -0.25) is 9.59 Å². The van der Waals surface area contributed by atoms with E-state index >= 15 is 0 Å². The number of halogens is 3. The van der Waals surface area contributed by atoms with Crippen molar-refractivity contribution in [3.8, 4) is 5.75 Å². The van der Waals surface area contributed by atoms with E-state index in [4.69, 9.17) is 4.74 Å². The Morgan fingerprint density at radius 2 is 1.83 bits per heavy atom. The molecule has 0 aromatic heterocycles. The Morgan fingerprint density at radius 1 is 1.13 bits per heavy atom. The lowest BCUT2D eigenvalue weighted by molar-refractivity contribution is -0.167. The van der Waals surface area contributed by atoms with Gasteiger partial charge in [0.05, 0.1) is 5.69 Å². The van der Waals surface area contributed by atoms with Gasteiger partial charge in [-0.25, -0.2) is 0 Å². The molecule has 0 unspecified atom stereocenters. The summed E-state index contributed by atoms with van der Waals surface area (Å²) in [5.74, 6) is -2.10. The van der Waals surface area contributed by atoms with Gasteiger partial charge in [0.1, 0.15) is 18.6 Å². The highest BCUT2D eigenvalue weighted by Gasteiger charge is 2.39. The van der Waals surface area contributed by atoms with Crippen LogP contribution in [0.4, 0.5) is 18.9 Å². The highest BCUT2D eigenvalue weighted by atomic mass is 19.4. The van der Waals surface area contributed by atoms with E-state index in [1.165, 1.54) is 12.1 Å². The maximum absolute atomic E-state index is 12.4. The summed E-state index contributed by atoms with van der Waals surface area (Å²) in [5.41, 5.74) is 0.711. The van der Waals surface area contributed by atoms with Crippen molar-refractivity contribution >= 4 is 17.9 Å². The van der Waals surface area contributed by atoms with Crippen LogP contribution in [0.2, 0.25) is 0 Å². The zero-order chi connectivity index (χ0) is 16.9. The van der Waals surface area contributed by atoms with Gasteiger partial charge in [0.2, 0.25) is 0 Å². The number of carbonyl (C=O) groups excluding carboxylic acids is 2. The normalized spacial score (nSPS) is 10.9. The summed E-state index contributed by atoms with van der Waals surface area (Å²) in [6.07, 6.45) is -4.57. The van der Waals surface area contributed by atoms with Gasteiger partial charge in [0.25, 0.3) is 0 Å². The van der Waals surface area contributed by atoms with Crippen molar-refractivity contribution < 1.29 is 27.5 Å². The molecule has 0 atom stereocenters. The predicted molar refractivity (Wildman–Crippen MR) is 77.3 cm³/mol. The van der Waals surface area contributed by atoms with E-state index in [1.54, 1.807) is 29.6 Å². The van der Waals surface area contributed by atoms with E-state index in [1.807, 2.05) is 6.07 Å². The highest BCUT2D eigenvalue weighted by molar-refractivity contribution is 5.97.